The van der Waals surface area contributed by atoms with Crippen LogP contribution in [0.3, 0.4) is 0 Å². The van der Waals surface area contributed by atoms with Crippen LogP contribution in [0.15, 0.2) is 42.6 Å². The minimum Gasteiger partial charge on any atom is -0.384 e. The van der Waals surface area contributed by atoms with E-state index < -0.39 is 0 Å². The van der Waals surface area contributed by atoms with Crippen molar-refractivity contribution in [1.29, 1.82) is 0 Å². The minimum atomic E-state index is -0.0506. The van der Waals surface area contributed by atoms with Crippen molar-refractivity contribution in [3.8, 4) is 0 Å². The van der Waals surface area contributed by atoms with E-state index in [2.05, 4.69) is 17.6 Å². The van der Waals surface area contributed by atoms with E-state index in [9.17, 15) is 4.79 Å². The lowest BCUT2D eigenvalue weighted by atomic mass is 10.1. The molecule has 0 aliphatic heterocycles. The van der Waals surface area contributed by atoms with Crippen molar-refractivity contribution in [1.82, 2.24) is 9.88 Å². The van der Waals surface area contributed by atoms with E-state index in [1.165, 1.54) is 0 Å². The molecular weight excluding hydrogens is 250 g/mol. The lowest BCUT2D eigenvalue weighted by molar-refractivity contribution is 0.0951. The molecule has 0 saturated carbocycles. The standard InChI is InChI=1S/C16H21N3O/c1-3-10-17-15-9-5-4-8-14(15)16(20)18-12-13-7-6-11-19(13)2/h4-9,11,17H,3,10,12H2,1-2H3,(H,18,20). The van der Waals surface area contributed by atoms with Gasteiger partial charge in [0.15, 0.2) is 0 Å². The fourth-order valence-electron chi connectivity index (χ4n) is 2.04. The number of anilines is 1. The zero-order valence-electron chi connectivity index (χ0n) is 12.0. The van der Waals surface area contributed by atoms with Crippen LogP contribution in [0.2, 0.25) is 0 Å². The van der Waals surface area contributed by atoms with Crippen LogP contribution < -0.4 is 10.6 Å². The van der Waals surface area contributed by atoms with Gasteiger partial charge in [0.1, 0.15) is 0 Å². The predicted octanol–water partition coefficient (Wildman–Crippen LogP) is 2.78. The summed E-state index contributed by atoms with van der Waals surface area (Å²) in [7, 11) is 1.97. The Hall–Kier alpha value is -2.23. The van der Waals surface area contributed by atoms with Crippen LogP contribution in [0.5, 0.6) is 0 Å². The predicted molar refractivity (Wildman–Crippen MR) is 81.8 cm³/mol. The number of hydrogen-bond donors (Lipinski definition) is 2. The second-order valence-corrected chi connectivity index (χ2v) is 4.77. The highest BCUT2D eigenvalue weighted by atomic mass is 16.1. The SMILES string of the molecule is CCCNc1ccccc1C(=O)NCc1cccn1C. The molecule has 0 unspecified atom stereocenters. The maximum atomic E-state index is 12.3. The monoisotopic (exact) mass is 271 g/mol. The molecule has 20 heavy (non-hydrogen) atoms. The Kier molecular flexibility index (Phi) is 4.82. The van der Waals surface area contributed by atoms with E-state index in [4.69, 9.17) is 0 Å². The number of benzene rings is 1. The number of nitrogens with one attached hydrogen (secondary N) is 2. The van der Waals surface area contributed by atoms with E-state index >= 15 is 0 Å². The number of aryl methyl sites for hydroxylation is 1. The first-order chi connectivity index (χ1) is 9.72. The number of carbonyl (C=O) groups excluding carboxylic acids is 1. The Labute approximate surface area is 119 Å². The zero-order chi connectivity index (χ0) is 14.4. The molecule has 0 aliphatic carbocycles. The summed E-state index contributed by atoms with van der Waals surface area (Å²) in [5.74, 6) is -0.0506. The molecule has 1 amide bonds. The number of carbonyl (C=O) groups is 1. The van der Waals surface area contributed by atoms with E-state index in [1.807, 2.05) is 54.2 Å². The average Bonchev–Trinajstić information content (AvgIpc) is 2.88. The molecule has 0 spiro atoms. The van der Waals surface area contributed by atoms with E-state index in [0.717, 1.165) is 24.3 Å². The Bertz CT molecular complexity index is 575. The molecule has 106 valence electrons. The van der Waals surface area contributed by atoms with E-state index in [0.29, 0.717) is 12.1 Å². The Morgan fingerprint density at radius 3 is 2.70 bits per heavy atom. The molecule has 2 N–H and O–H groups in total. The Morgan fingerprint density at radius 1 is 1.20 bits per heavy atom. The van der Waals surface area contributed by atoms with Crippen LogP contribution in [0.25, 0.3) is 0 Å². The van der Waals surface area contributed by atoms with E-state index in [1.54, 1.807) is 0 Å². The quantitative estimate of drug-likeness (QED) is 0.848. The Morgan fingerprint density at radius 2 is 2.00 bits per heavy atom. The average molecular weight is 271 g/mol. The number of nitrogens with zero attached hydrogens (tertiary/aromatic N) is 1. The number of aromatic nitrogens is 1. The molecule has 0 aliphatic rings. The van der Waals surface area contributed by atoms with Gasteiger partial charge in [0, 0.05) is 31.2 Å². The summed E-state index contributed by atoms with van der Waals surface area (Å²) in [6, 6.07) is 11.6. The molecule has 0 saturated heterocycles. The van der Waals surface area contributed by atoms with Crippen LogP contribution in [0, 0.1) is 0 Å². The highest BCUT2D eigenvalue weighted by Crippen LogP contribution is 2.15. The first kappa shape index (κ1) is 14.2. The smallest absolute Gasteiger partial charge is 0.253 e. The normalized spacial score (nSPS) is 10.3. The molecule has 1 aromatic heterocycles. The summed E-state index contributed by atoms with van der Waals surface area (Å²) in [5.41, 5.74) is 2.66. The molecule has 4 nitrogen and oxygen atoms in total. The van der Waals surface area contributed by atoms with Crippen molar-refractivity contribution in [3.05, 3.63) is 53.9 Å². The minimum absolute atomic E-state index is 0.0506. The summed E-state index contributed by atoms with van der Waals surface area (Å²) in [4.78, 5) is 12.3. The van der Waals surface area contributed by atoms with Gasteiger partial charge in [-0.1, -0.05) is 19.1 Å². The molecule has 0 atom stereocenters. The topological polar surface area (TPSA) is 46.1 Å². The maximum absolute atomic E-state index is 12.3. The van der Waals surface area contributed by atoms with Gasteiger partial charge in [-0.15, -0.1) is 0 Å². The molecule has 0 fully saturated rings. The summed E-state index contributed by atoms with van der Waals surface area (Å²) in [6.45, 7) is 3.50. The fraction of sp³-hybridized carbons (Fsp3) is 0.312. The first-order valence-electron chi connectivity index (χ1n) is 6.93. The zero-order valence-corrected chi connectivity index (χ0v) is 12.0. The third-order valence-electron chi connectivity index (χ3n) is 3.22. The highest BCUT2D eigenvalue weighted by Gasteiger charge is 2.10. The second-order valence-electron chi connectivity index (χ2n) is 4.77. The molecule has 2 aromatic rings. The van der Waals surface area contributed by atoms with Crippen LogP contribution in [0.1, 0.15) is 29.4 Å². The van der Waals surface area contributed by atoms with Crippen LogP contribution in [-0.4, -0.2) is 17.0 Å². The van der Waals surface area contributed by atoms with Gasteiger partial charge in [-0.25, -0.2) is 0 Å². The van der Waals surface area contributed by atoms with Crippen molar-refractivity contribution in [2.75, 3.05) is 11.9 Å². The fourth-order valence-corrected chi connectivity index (χ4v) is 2.04. The lowest BCUT2D eigenvalue weighted by Crippen LogP contribution is -2.25. The highest BCUT2D eigenvalue weighted by molar-refractivity contribution is 5.99. The van der Waals surface area contributed by atoms with Crippen LogP contribution >= 0.6 is 0 Å². The Balaban J connectivity index is 2.03. The lowest BCUT2D eigenvalue weighted by Gasteiger charge is -2.12. The van der Waals surface area contributed by atoms with Gasteiger partial charge in [-0.3, -0.25) is 4.79 Å². The summed E-state index contributed by atoms with van der Waals surface area (Å²) in [6.07, 6.45) is 3.00. The summed E-state index contributed by atoms with van der Waals surface area (Å²) in [5, 5.41) is 6.24. The molecule has 1 aromatic carbocycles. The third kappa shape index (κ3) is 3.41. The van der Waals surface area contributed by atoms with Gasteiger partial charge in [0.05, 0.1) is 12.1 Å². The summed E-state index contributed by atoms with van der Waals surface area (Å²) >= 11 is 0. The number of hydrogen-bond acceptors (Lipinski definition) is 2. The maximum Gasteiger partial charge on any atom is 0.253 e. The van der Waals surface area contributed by atoms with Gasteiger partial charge in [0.2, 0.25) is 0 Å². The van der Waals surface area contributed by atoms with Crippen molar-refractivity contribution >= 4 is 11.6 Å². The van der Waals surface area contributed by atoms with Crippen molar-refractivity contribution in [2.24, 2.45) is 7.05 Å². The molecule has 4 heteroatoms. The van der Waals surface area contributed by atoms with Gasteiger partial charge in [-0.2, -0.15) is 0 Å². The molecule has 0 bridgehead atoms. The van der Waals surface area contributed by atoms with Crippen molar-refractivity contribution in [2.45, 2.75) is 19.9 Å². The van der Waals surface area contributed by atoms with Gasteiger partial charge < -0.3 is 15.2 Å². The second kappa shape index (κ2) is 6.80. The van der Waals surface area contributed by atoms with Crippen molar-refractivity contribution < 1.29 is 4.79 Å². The van der Waals surface area contributed by atoms with Gasteiger partial charge >= 0.3 is 0 Å². The molecular formula is C16H21N3O. The van der Waals surface area contributed by atoms with Crippen LogP contribution in [-0.2, 0) is 13.6 Å². The van der Waals surface area contributed by atoms with E-state index in [-0.39, 0.29) is 5.91 Å². The largest absolute Gasteiger partial charge is 0.384 e. The van der Waals surface area contributed by atoms with Crippen molar-refractivity contribution in [3.63, 3.8) is 0 Å². The molecule has 0 radical (unpaired) electrons. The molecule has 1 heterocycles. The van der Waals surface area contributed by atoms with Gasteiger partial charge in [0.25, 0.3) is 5.91 Å². The molecule has 2 rings (SSSR count). The third-order valence-corrected chi connectivity index (χ3v) is 3.22. The number of para-hydroxylation sites is 1. The van der Waals surface area contributed by atoms with Gasteiger partial charge in [-0.05, 0) is 30.7 Å². The number of rotatable bonds is 6. The summed E-state index contributed by atoms with van der Waals surface area (Å²) < 4.78 is 2.00. The van der Waals surface area contributed by atoms with Crippen LogP contribution in [0.4, 0.5) is 5.69 Å². The number of amides is 1. The first-order valence-corrected chi connectivity index (χ1v) is 6.93.